The summed E-state index contributed by atoms with van der Waals surface area (Å²) in [6.07, 6.45) is 0. The fourth-order valence-corrected chi connectivity index (χ4v) is 3.36. The molecule has 9 nitrogen and oxygen atoms in total. The van der Waals surface area contributed by atoms with Gasteiger partial charge in [0.05, 0.1) is 21.3 Å². The zero-order valence-electron chi connectivity index (χ0n) is 16.7. The number of ether oxygens (including phenoxy) is 3. The number of H-pyrrole nitrogens is 1. The van der Waals surface area contributed by atoms with E-state index in [1.165, 1.54) is 33.1 Å². The molecule has 0 aliphatic carbocycles. The summed E-state index contributed by atoms with van der Waals surface area (Å²) < 4.78 is 15.9. The number of thioether (sulfide) groups is 1. The van der Waals surface area contributed by atoms with Crippen molar-refractivity contribution in [2.24, 2.45) is 0 Å². The van der Waals surface area contributed by atoms with Gasteiger partial charge < -0.3 is 35.3 Å². The second kappa shape index (κ2) is 11.4. The number of aromatic amines is 1. The van der Waals surface area contributed by atoms with E-state index in [1.54, 1.807) is 24.3 Å². The van der Waals surface area contributed by atoms with Crippen LogP contribution < -0.4 is 19.5 Å². The first-order chi connectivity index (χ1) is 14.0. The van der Waals surface area contributed by atoms with Gasteiger partial charge in [-0.05, 0) is 17.7 Å². The number of nitrogens with one attached hydrogen (secondary N) is 3. The summed E-state index contributed by atoms with van der Waals surface area (Å²) in [5.74, 6) is 1.68. The fourth-order valence-electron chi connectivity index (χ4n) is 2.62. The fraction of sp³-hybridized carbons (Fsp3) is 0.211. The van der Waals surface area contributed by atoms with Gasteiger partial charge in [-0.15, -0.1) is 0 Å². The van der Waals surface area contributed by atoms with Crippen LogP contribution >= 0.6 is 11.8 Å². The van der Waals surface area contributed by atoms with Crippen molar-refractivity contribution in [2.45, 2.75) is 10.9 Å². The van der Waals surface area contributed by atoms with Crippen molar-refractivity contribution in [2.75, 3.05) is 26.6 Å². The van der Waals surface area contributed by atoms with Crippen LogP contribution in [0.2, 0.25) is 0 Å². The third-order valence-corrected chi connectivity index (χ3v) is 4.86. The number of anilines is 1. The molecule has 30 heavy (non-hydrogen) atoms. The molecular weight excluding hydrogens is 621 g/mol. The van der Waals surface area contributed by atoms with E-state index < -0.39 is 0 Å². The van der Waals surface area contributed by atoms with Gasteiger partial charge in [0.1, 0.15) is 5.16 Å². The number of carbonyl (C=O) groups is 1. The molecule has 3 aromatic rings. The number of aromatic nitrogens is 3. The van der Waals surface area contributed by atoms with Crippen LogP contribution in [0.15, 0.2) is 41.6 Å². The Morgan fingerprint density at radius 1 is 1.13 bits per heavy atom. The van der Waals surface area contributed by atoms with Crippen molar-refractivity contribution >= 4 is 29.3 Å². The summed E-state index contributed by atoms with van der Waals surface area (Å²) in [5, 5.41) is 9.73. The molecule has 3 rings (SSSR count). The minimum absolute atomic E-state index is 0. The number of hydrogen-bond donors (Lipinski definition) is 2. The van der Waals surface area contributed by atoms with Crippen LogP contribution in [0.5, 0.6) is 17.2 Å². The molecular formula is C19H20AcN5O4S-. The van der Waals surface area contributed by atoms with E-state index in [0.29, 0.717) is 39.4 Å². The van der Waals surface area contributed by atoms with Crippen LogP contribution in [0.25, 0.3) is 5.73 Å². The number of carbonyl (C=O) groups excluding carboxylic acids is 1. The predicted molar refractivity (Wildman–Crippen MR) is 110 cm³/mol. The van der Waals surface area contributed by atoms with Gasteiger partial charge >= 0.3 is 0 Å². The summed E-state index contributed by atoms with van der Waals surface area (Å²) in [6, 6.07) is 10.6. The minimum Gasteiger partial charge on any atom is -0.493 e. The van der Waals surface area contributed by atoms with Crippen molar-refractivity contribution in [3.63, 3.8) is 0 Å². The normalized spacial score (nSPS) is 10.1. The molecule has 0 bridgehead atoms. The SMILES string of the molecule is COc1cc(NC(=O)c2cccc(CSc3n[nH]c([NH-])n3)c2)cc(OC)c1OC.[Ac]. The first kappa shape index (κ1) is 24.3. The molecule has 0 aliphatic heterocycles. The molecule has 1 amide bonds. The Morgan fingerprint density at radius 3 is 2.40 bits per heavy atom. The van der Waals surface area contributed by atoms with E-state index in [1.807, 2.05) is 12.1 Å². The van der Waals surface area contributed by atoms with Crippen molar-refractivity contribution in [3.8, 4) is 17.2 Å². The third-order valence-electron chi connectivity index (χ3n) is 3.94. The quantitative estimate of drug-likeness (QED) is 0.356. The van der Waals surface area contributed by atoms with Gasteiger partial charge in [0.2, 0.25) is 5.75 Å². The molecule has 0 atom stereocenters. The van der Waals surface area contributed by atoms with E-state index >= 15 is 0 Å². The van der Waals surface area contributed by atoms with Crippen molar-refractivity contribution < 1.29 is 63.1 Å². The summed E-state index contributed by atoms with van der Waals surface area (Å²) in [7, 11) is 4.55. The van der Waals surface area contributed by atoms with E-state index in [9.17, 15) is 4.79 Å². The topological polar surface area (TPSA) is 122 Å². The number of hydrogen-bond acceptors (Lipinski definition) is 7. The van der Waals surface area contributed by atoms with Gasteiger partial charge in [0, 0.05) is 79.1 Å². The van der Waals surface area contributed by atoms with Crippen molar-refractivity contribution in [1.82, 2.24) is 15.2 Å². The second-order valence-electron chi connectivity index (χ2n) is 5.82. The standard InChI is InChI=1S/C19H21N5O4S.Ac/c1-26-14-8-13(9-15(27-2)16(14)28-3)21-17(25)12-6-4-5-11(7-12)10-29-19-22-18(20)23-24-19;/h4-9H,10H2,1-3H3,(H4,20,21,22,23,24,25);/p-1. The molecule has 0 saturated carbocycles. The first-order valence-corrected chi connectivity index (χ1v) is 9.49. The predicted octanol–water partition coefficient (Wildman–Crippen LogP) is 4.06. The minimum atomic E-state index is -0.266. The molecule has 0 saturated heterocycles. The number of rotatable bonds is 8. The average molecular weight is 641 g/mol. The Balaban J connectivity index is 0.00000320. The third kappa shape index (κ3) is 6.03. The van der Waals surface area contributed by atoms with Crippen LogP contribution in [0.1, 0.15) is 15.9 Å². The van der Waals surface area contributed by atoms with Crippen molar-refractivity contribution in [3.05, 3.63) is 53.3 Å². The summed E-state index contributed by atoms with van der Waals surface area (Å²) >= 11 is 1.38. The Bertz CT molecular complexity index is 989. The largest absolute Gasteiger partial charge is 0.493 e. The zero-order valence-corrected chi connectivity index (χ0v) is 22.2. The molecule has 0 fully saturated rings. The number of amides is 1. The maximum absolute atomic E-state index is 12.7. The molecule has 3 N–H and O–H groups in total. The Labute approximate surface area is 214 Å². The van der Waals surface area contributed by atoms with E-state index in [0.717, 1.165) is 5.56 Å². The first-order valence-electron chi connectivity index (χ1n) is 8.51. The number of benzene rings is 2. The Hall–Kier alpha value is -1.96. The molecule has 1 radical (unpaired) electrons. The van der Waals surface area contributed by atoms with Gasteiger partial charge in [0.15, 0.2) is 11.5 Å². The Kier molecular flexibility index (Phi) is 9.27. The number of methoxy groups -OCH3 is 3. The molecule has 11 heteroatoms. The van der Waals surface area contributed by atoms with E-state index in [-0.39, 0.29) is 55.9 Å². The van der Waals surface area contributed by atoms with Gasteiger partial charge in [-0.1, -0.05) is 23.9 Å². The van der Waals surface area contributed by atoms with Crippen LogP contribution in [-0.2, 0) is 5.75 Å². The molecule has 2 aromatic carbocycles. The molecule has 0 aliphatic rings. The van der Waals surface area contributed by atoms with Gasteiger partial charge in [-0.25, -0.2) is 5.10 Å². The van der Waals surface area contributed by atoms with Gasteiger partial charge in [-0.3, -0.25) is 4.79 Å². The molecule has 0 unspecified atom stereocenters. The van der Waals surface area contributed by atoms with Crippen LogP contribution in [0.4, 0.5) is 11.6 Å². The summed E-state index contributed by atoms with van der Waals surface area (Å²) in [5.41, 5.74) is 9.32. The smallest absolute Gasteiger partial charge is 0.255 e. The van der Waals surface area contributed by atoms with Crippen LogP contribution in [-0.4, -0.2) is 42.4 Å². The molecule has 1 heterocycles. The van der Waals surface area contributed by atoms with Gasteiger partial charge in [0.25, 0.3) is 5.91 Å². The maximum Gasteiger partial charge on any atom is 0.255 e. The van der Waals surface area contributed by atoms with Gasteiger partial charge in [-0.2, -0.15) is 0 Å². The van der Waals surface area contributed by atoms with Crippen LogP contribution in [0.3, 0.4) is 0 Å². The number of nitrogens with zero attached hydrogens (tertiary/aromatic N) is 2. The van der Waals surface area contributed by atoms with Crippen molar-refractivity contribution in [1.29, 1.82) is 0 Å². The Morgan fingerprint density at radius 2 is 1.83 bits per heavy atom. The molecule has 155 valence electrons. The maximum atomic E-state index is 12.7. The zero-order chi connectivity index (χ0) is 20.8. The summed E-state index contributed by atoms with van der Waals surface area (Å²) in [4.78, 5) is 16.6. The average Bonchev–Trinajstić information content (AvgIpc) is 3.16. The molecule has 0 spiro atoms. The summed E-state index contributed by atoms with van der Waals surface area (Å²) in [6.45, 7) is 0. The second-order valence-corrected chi connectivity index (χ2v) is 6.77. The molecule has 1 aromatic heterocycles. The van der Waals surface area contributed by atoms with E-state index in [2.05, 4.69) is 20.5 Å². The monoisotopic (exact) mass is 641 g/mol. The van der Waals surface area contributed by atoms with Crippen LogP contribution in [0, 0.1) is 44.1 Å². The van der Waals surface area contributed by atoms with E-state index in [4.69, 9.17) is 19.9 Å².